The van der Waals surface area contributed by atoms with Crippen LogP contribution >= 0.6 is 0 Å². The number of carbonyl (C=O) groups is 2. The molecule has 22 N–H and O–H groups in total. The van der Waals surface area contributed by atoms with Crippen molar-refractivity contribution in [3.05, 3.63) is 0 Å². The van der Waals surface area contributed by atoms with Gasteiger partial charge in [-0.25, -0.2) is 0 Å². The zero-order valence-corrected chi connectivity index (χ0v) is 60.7. The Kier molecular flexibility index (Phi) is 37.9. The molecule has 0 aromatic rings. The van der Waals surface area contributed by atoms with Crippen molar-refractivity contribution in [1.29, 1.82) is 0 Å². The van der Waals surface area contributed by atoms with Gasteiger partial charge < -0.3 is 160 Å². The third-order valence-electron chi connectivity index (χ3n) is 16.0. The molecule has 34 nitrogen and oxygen atoms in total. The largest absolute Gasteiger partial charge is 0.394 e. The Morgan fingerprint density at radius 1 is 0.343 bits per heavy atom. The fourth-order valence-corrected chi connectivity index (χ4v) is 10.5. The highest BCUT2D eigenvalue weighted by Crippen LogP contribution is 2.35. The first kappa shape index (κ1) is 92.8. The van der Waals surface area contributed by atoms with Crippen LogP contribution in [0.2, 0.25) is 0 Å². The maximum absolute atomic E-state index is 11.9. The van der Waals surface area contributed by atoms with Crippen LogP contribution in [0.25, 0.3) is 0 Å². The predicted octanol–water partition coefficient (Wildman–Crippen LogP) is -5.44. The maximum atomic E-state index is 11.9. The van der Waals surface area contributed by atoms with Gasteiger partial charge in [-0.05, 0) is 46.8 Å². The number of amides is 2. The molecule has 0 bridgehead atoms. The molecule has 6 rings (SSSR count). The SMILES string of the molecule is CC(=O)NC1[C@H](OCC(C)(C)C)OC(CO)[C@@H](O)[C@@H]1O.CC(C)(C)CO[C@@H]1OC(CO)[C@@H](O)[C@H](O)C1O.CC(C)(C)CO[C@@H]1OC(CO)[C@H](O)[C@H](O)C1O.CC1OC(CO)[C@@H](O)[C@H](O)C1NC(=O)CC(C)(C)C.CCC1O[C@H](O[C@H]2OC(CC(C)(C)C)[C@@H](O)[C@H](O)C2O)[C@H](O)C(O)[C@@H]1O. The van der Waals surface area contributed by atoms with Crippen LogP contribution in [0.1, 0.15) is 144 Å². The molecule has 30 atom stereocenters. The average molecular weight is 1450 g/mol. The molecule has 0 saturated carbocycles. The molecular weight excluding hydrogens is 1320 g/mol. The van der Waals surface area contributed by atoms with Gasteiger partial charge in [0.15, 0.2) is 31.5 Å². The quantitative estimate of drug-likeness (QED) is 0.0646. The molecule has 34 heteroatoms. The van der Waals surface area contributed by atoms with Crippen LogP contribution in [0.15, 0.2) is 0 Å². The van der Waals surface area contributed by atoms with E-state index in [9.17, 15) is 91.3 Å². The molecule has 0 aliphatic carbocycles. The van der Waals surface area contributed by atoms with Crippen molar-refractivity contribution in [2.75, 3.05) is 46.2 Å². The van der Waals surface area contributed by atoms with E-state index in [2.05, 4.69) is 10.6 Å². The normalized spacial score (nSPS) is 40.0. The Morgan fingerprint density at radius 2 is 0.636 bits per heavy atom. The number of hydrogen-bond acceptors (Lipinski definition) is 32. The van der Waals surface area contributed by atoms with Gasteiger partial charge in [-0.2, -0.15) is 0 Å². The Bertz CT molecular complexity index is 2230. The molecule has 6 aliphatic heterocycles. The van der Waals surface area contributed by atoms with Gasteiger partial charge in [-0.1, -0.05) is 111 Å². The highest BCUT2D eigenvalue weighted by atomic mass is 16.8. The van der Waals surface area contributed by atoms with E-state index < -0.39 is 204 Å². The fraction of sp³-hybridized carbons (Fsp3) is 0.969. The molecular formula is C65H126N2O32. The summed E-state index contributed by atoms with van der Waals surface area (Å²) in [5.74, 6) is -0.557. The first-order chi connectivity index (χ1) is 45.3. The zero-order valence-electron chi connectivity index (χ0n) is 60.7. The molecule has 0 spiro atoms. The van der Waals surface area contributed by atoms with Gasteiger partial charge in [-0.15, -0.1) is 0 Å². The molecule has 6 heterocycles. The minimum atomic E-state index is -1.57. The summed E-state index contributed by atoms with van der Waals surface area (Å²) in [4.78, 5) is 23.1. The van der Waals surface area contributed by atoms with Gasteiger partial charge in [0.25, 0.3) is 0 Å². The van der Waals surface area contributed by atoms with E-state index in [0.717, 1.165) is 0 Å². The van der Waals surface area contributed by atoms with E-state index in [1.54, 1.807) is 13.8 Å². The minimum absolute atomic E-state index is 0.112. The average Bonchev–Trinajstić information content (AvgIpc) is 0.807. The van der Waals surface area contributed by atoms with E-state index in [0.29, 0.717) is 39.1 Å². The second-order valence-electron chi connectivity index (χ2n) is 32.2. The first-order valence-electron chi connectivity index (χ1n) is 33.6. The summed E-state index contributed by atoms with van der Waals surface area (Å²) in [7, 11) is 0. The van der Waals surface area contributed by atoms with Crippen molar-refractivity contribution in [3.8, 4) is 0 Å². The number of aliphatic hydroxyl groups is 20. The van der Waals surface area contributed by atoms with Crippen molar-refractivity contribution in [3.63, 3.8) is 0 Å². The van der Waals surface area contributed by atoms with Crippen LogP contribution in [-0.2, 0) is 57.0 Å². The number of ether oxygens (including phenoxy) is 10. The maximum Gasteiger partial charge on any atom is 0.220 e. The van der Waals surface area contributed by atoms with E-state index >= 15 is 0 Å². The van der Waals surface area contributed by atoms with Crippen molar-refractivity contribution in [2.45, 2.75) is 328 Å². The third-order valence-corrected chi connectivity index (χ3v) is 16.0. The smallest absolute Gasteiger partial charge is 0.220 e. The van der Waals surface area contributed by atoms with Crippen LogP contribution < -0.4 is 10.6 Å². The topological polar surface area (TPSA) is 555 Å². The van der Waals surface area contributed by atoms with Crippen molar-refractivity contribution in [1.82, 2.24) is 10.6 Å². The van der Waals surface area contributed by atoms with E-state index in [1.807, 2.05) is 104 Å². The summed E-state index contributed by atoms with van der Waals surface area (Å²) in [6, 6.07) is -1.56. The summed E-state index contributed by atoms with van der Waals surface area (Å²) in [6.07, 6.45) is -32.0. The minimum Gasteiger partial charge on any atom is -0.394 e. The van der Waals surface area contributed by atoms with Gasteiger partial charge in [0, 0.05) is 13.3 Å². The van der Waals surface area contributed by atoms with Crippen LogP contribution in [0.3, 0.4) is 0 Å². The lowest BCUT2D eigenvalue weighted by atomic mass is 9.84. The van der Waals surface area contributed by atoms with E-state index in [4.69, 9.17) is 67.8 Å². The molecule has 6 fully saturated rings. The number of nitrogens with one attached hydrogen (secondary N) is 2. The zero-order chi connectivity index (χ0) is 76.5. The Morgan fingerprint density at radius 3 is 0.970 bits per heavy atom. The summed E-state index contributed by atoms with van der Waals surface area (Å²) < 4.78 is 54.1. The highest BCUT2D eigenvalue weighted by molar-refractivity contribution is 5.77. The molecule has 13 unspecified atom stereocenters. The van der Waals surface area contributed by atoms with E-state index in [-0.39, 0.29) is 45.5 Å². The molecule has 0 aromatic carbocycles. The van der Waals surface area contributed by atoms with Gasteiger partial charge in [0.2, 0.25) is 11.8 Å². The van der Waals surface area contributed by atoms with Gasteiger partial charge in [0.1, 0.15) is 128 Å². The monoisotopic (exact) mass is 1450 g/mol. The molecule has 0 radical (unpaired) electrons. The predicted molar refractivity (Wildman–Crippen MR) is 347 cm³/mol. The molecule has 6 saturated heterocycles. The summed E-state index contributed by atoms with van der Waals surface area (Å²) in [6.45, 7) is 33.3. The first-order valence-corrected chi connectivity index (χ1v) is 33.6. The Balaban J connectivity index is 0.000000425. The Labute approximate surface area is 581 Å². The second-order valence-corrected chi connectivity index (χ2v) is 32.2. The van der Waals surface area contributed by atoms with Crippen molar-refractivity contribution in [2.24, 2.45) is 27.1 Å². The standard InChI is InChI=1S/C17H32O9.C13H25NO6.C13H25NO5.2C11H22O6/c1-5-7-9(18)11(20)13(22)15(24-7)26-16-14(23)12(21)10(19)8(25-16)6-17(2,3)4;1-7(16)14-9-11(18)10(17)8(5-15)20-12(9)19-6-13(2,3)4;1-7-10(14-9(16)5-13(2,3)4)12(18)11(17)8(6-15)19-7;2*1-11(2,3)5-16-10-9(15)8(14)7(13)6(4-12)17-10/h7-16,18-23H,5-6H2,1-4H3;8-12,15,17-18H,5-6H2,1-4H3,(H,14,16);7-8,10-12,15,17-18H,5-6H2,1-4H3,(H,14,16);2*6-10,12-15H,4-5H2,1-3H3/t7?,8?,9-,10-,11?,12+,13-,14?,15-,16-;8?,9?,10-,11-,12-;7?,8?,10?,11-,12-;6?,7-,8+,9?,10-;6?,7-,8-,9?,10+/m11110/s1. The van der Waals surface area contributed by atoms with Crippen LogP contribution in [0, 0.1) is 27.1 Å². The Hall–Kier alpha value is -2.26. The fourth-order valence-electron chi connectivity index (χ4n) is 10.5. The van der Waals surface area contributed by atoms with Crippen molar-refractivity contribution < 1.29 is 159 Å². The molecule has 588 valence electrons. The number of hydrogen-bond donors (Lipinski definition) is 22. The molecule has 6 aliphatic rings. The summed E-state index contributed by atoms with van der Waals surface area (Å²) in [5, 5.41) is 199. The van der Waals surface area contributed by atoms with Gasteiger partial charge in [-0.3, -0.25) is 9.59 Å². The van der Waals surface area contributed by atoms with Crippen molar-refractivity contribution >= 4 is 11.8 Å². The number of carbonyl (C=O) groups excluding carboxylic acids is 2. The number of rotatable bonds is 17. The lowest BCUT2D eigenvalue weighted by Gasteiger charge is -2.45. The molecule has 99 heavy (non-hydrogen) atoms. The molecule has 2 amide bonds. The lowest BCUT2D eigenvalue weighted by Crippen LogP contribution is -2.64. The third kappa shape index (κ3) is 29.9. The highest BCUT2D eigenvalue weighted by Gasteiger charge is 2.52. The summed E-state index contributed by atoms with van der Waals surface area (Å²) >= 11 is 0. The summed E-state index contributed by atoms with van der Waals surface area (Å²) in [5.41, 5.74) is -0.718. The van der Waals surface area contributed by atoms with Crippen LogP contribution in [-0.4, -0.2) is 344 Å². The second kappa shape index (κ2) is 40.5. The van der Waals surface area contributed by atoms with Crippen LogP contribution in [0.4, 0.5) is 0 Å². The molecule has 0 aromatic heterocycles. The number of aliphatic hydroxyl groups excluding tert-OH is 20. The lowest BCUT2D eigenvalue weighted by molar-refractivity contribution is -0.375. The van der Waals surface area contributed by atoms with Gasteiger partial charge >= 0.3 is 0 Å². The van der Waals surface area contributed by atoms with E-state index in [1.165, 1.54) is 6.92 Å². The van der Waals surface area contributed by atoms with Crippen LogP contribution in [0.5, 0.6) is 0 Å². The van der Waals surface area contributed by atoms with Gasteiger partial charge in [0.05, 0.1) is 70.6 Å².